The van der Waals surface area contributed by atoms with Crippen LogP contribution >= 0.6 is 0 Å². The van der Waals surface area contributed by atoms with E-state index in [4.69, 9.17) is 4.74 Å². The van der Waals surface area contributed by atoms with Crippen LogP contribution in [0.3, 0.4) is 0 Å². The maximum Gasteiger partial charge on any atom is 0.338 e. The Balaban J connectivity index is 1.79. The van der Waals surface area contributed by atoms with Gasteiger partial charge in [0, 0.05) is 7.05 Å². The zero-order valence-electron chi connectivity index (χ0n) is 17.1. The van der Waals surface area contributed by atoms with E-state index in [1.807, 2.05) is 37.3 Å². The molecule has 30 heavy (non-hydrogen) atoms. The van der Waals surface area contributed by atoms with Crippen molar-refractivity contribution < 1.29 is 24.2 Å². The molecule has 1 atom stereocenters. The lowest BCUT2D eigenvalue weighted by molar-refractivity contribution is -0.126. The fraction of sp³-hybridized carbons (Fsp3) is 0.261. The molecule has 0 unspecified atom stereocenters. The number of likely N-dealkylation sites (N-methyl/N-ethyl adjacent to an activating group) is 1. The summed E-state index contributed by atoms with van der Waals surface area (Å²) >= 11 is 0. The van der Waals surface area contributed by atoms with Gasteiger partial charge in [-0.15, -0.1) is 0 Å². The van der Waals surface area contributed by atoms with Gasteiger partial charge in [0.25, 0.3) is 11.8 Å². The molecule has 7 heteroatoms. The van der Waals surface area contributed by atoms with Crippen LogP contribution in [0.2, 0.25) is 0 Å². The van der Waals surface area contributed by atoms with Crippen molar-refractivity contribution in [3.63, 3.8) is 0 Å². The zero-order chi connectivity index (χ0) is 21.8. The summed E-state index contributed by atoms with van der Waals surface area (Å²) in [6.45, 7) is 3.97. The van der Waals surface area contributed by atoms with Gasteiger partial charge in [-0.1, -0.05) is 30.3 Å². The minimum atomic E-state index is -0.559. The summed E-state index contributed by atoms with van der Waals surface area (Å²) < 4.78 is 5.06. The lowest BCUT2D eigenvalue weighted by Gasteiger charge is -2.16. The Bertz CT molecular complexity index is 1030. The van der Waals surface area contributed by atoms with Crippen molar-refractivity contribution in [1.29, 1.82) is 0 Å². The molecule has 0 saturated heterocycles. The molecule has 2 aromatic rings. The molecular formula is C23H24N2O5. The second-order valence-corrected chi connectivity index (χ2v) is 7.11. The number of aliphatic hydroxyl groups is 1. The molecule has 0 radical (unpaired) electrons. The van der Waals surface area contributed by atoms with E-state index >= 15 is 0 Å². The standard InChI is InChI=1S/C23H24N2O5/c1-4-30-23(29)18-10-6-9-17(12-18)16-8-5-7-15(11-16)14(2)24-21(27)19-13-25(3)22(28)20(19)26/h5-12,14,26H,4,13H2,1-3H3,(H,24,27)/t14-/m1/s1. The summed E-state index contributed by atoms with van der Waals surface area (Å²) in [7, 11) is 1.52. The number of nitrogens with one attached hydrogen (secondary N) is 1. The molecule has 0 aromatic heterocycles. The van der Waals surface area contributed by atoms with Crippen LogP contribution in [0.5, 0.6) is 0 Å². The Kier molecular flexibility index (Phi) is 6.20. The molecule has 156 valence electrons. The van der Waals surface area contributed by atoms with Crippen LogP contribution in [0.4, 0.5) is 0 Å². The molecule has 2 N–H and O–H groups in total. The molecule has 2 aromatic carbocycles. The van der Waals surface area contributed by atoms with Gasteiger partial charge in [-0.25, -0.2) is 4.79 Å². The third-order valence-corrected chi connectivity index (χ3v) is 4.95. The molecule has 3 rings (SSSR count). The second kappa shape index (κ2) is 8.82. The Morgan fingerprint density at radius 1 is 1.17 bits per heavy atom. The monoisotopic (exact) mass is 408 g/mol. The predicted molar refractivity (Wildman–Crippen MR) is 112 cm³/mol. The van der Waals surface area contributed by atoms with Crippen LogP contribution in [0, 0.1) is 0 Å². The van der Waals surface area contributed by atoms with Crippen molar-refractivity contribution >= 4 is 17.8 Å². The van der Waals surface area contributed by atoms with E-state index in [9.17, 15) is 19.5 Å². The molecule has 0 saturated carbocycles. The van der Waals surface area contributed by atoms with Gasteiger partial charge in [-0.2, -0.15) is 0 Å². The molecule has 0 aliphatic carbocycles. The molecule has 0 fully saturated rings. The van der Waals surface area contributed by atoms with Gasteiger partial charge in [-0.05, 0) is 48.7 Å². The highest BCUT2D eigenvalue weighted by atomic mass is 16.5. The molecule has 0 spiro atoms. The maximum absolute atomic E-state index is 12.5. The van der Waals surface area contributed by atoms with Crippen molar-refractivity contribution in [1.82, 2.24) is 10.2 Å². The normalized spacial score (nSPS) is 14.6. The number of benzene rings is 2. The average molecular weight is 408 g/mol. The van der Waals surface area contributed by atoms with E-state index in [1.54, 1.807) is 25.1 Å². The Labute approximate surface area is 175 Å². The highest BCUT2D eigenvalue weighted by molar-refractivity contribution is 6.06. The van der Waals surface area contributed by atoms with Gasteiger partial charge in [0.05, 0.1) is 30.3 Å². The number of amides is 2. The highest BCUT2D eigenvalue weighted by Crippen LogP contribution is 2.25. The molecule has 1 heterocycles. The number of aliphatic hydroxyl groups excluding tert-OH is 1. The molecular weight excluding hydrogens is 384 g/mol. The number of carbonyl (C=O) groups is 3. The van der Waals surface area contributed by atoms with Crippen molar-refractivity contribution in [2.75, 3.05) is 20.2 Å². The zero-order valence-corrected chi connectivity index (χ0v) is 17.1. The van der Waals surface area contributed by atoms with Crippen LogP contribution in [-0.2, 0) is 14.3 Å². The highest BCUT2D eigenvalue weighted by Gasteiger charge is 2.32. The summed E-state index contributed by atoms with van der Waals surface area (Å²) in [6, 6.07) is 14.4. The SMILES string of the molecule is CCOC(=O)c1cccc(-c2cccc([C@@H](C)NC(=O)C3=C(O)C(=O)N(C)C3)c2)c1. The van der Waals surface area contributed by atoms with Gasteiger partial charge in [0.15, 0.2) is 5.76 Å². The number of rotatable bonds is 6. The maximum atomic E-state index is 12.5. The molecule has 2 amide bonds. The number of hydrogen-bond acceptors (Lipinski definition) is 5. The lowest BCUT2D eigenvalue weighted by atomic mass is 9.98. The number of carbonyl (C=O) groups excluding carboxylic acids is 3. The van der Waals surface area contributed by atoms with Crippen LogP contribution in [-0.4, -0.2) is 48.0 Å². The average Bonchev–Trinajstić information content (AvgIpc) is 3.01. The van der Waals surface area contributed by atoms with Crippen molar-refractivity contribution in [3.8, 4) is 11.1 Å². The minimum Gasteiger partial charge on any atom is -0.503 e. The first kappa shape index (κ1) is 21.1. The van der Waals surface area contributed by atoms with E-state index < -0.39 is 17.6 Å². The van der Waals surface area contributed by atoms with E-state index in [1.165, 1.54) is 11.9 Å². The fourth-order valence-electron chi connectivity index (χ4n) is 3.27. The van der Waals surface area contributed by atoms with Gasteiger partial charge in [0.2, 0.25) is 0 Å². The van der Waals surface area contributed by atoms with Crippen molar-refractivity contribution in [2.45, 2.75) is 19.9 Å². The number of hydrogen-bond donors (Lipinski definition) is 2. The first-order chi connectivity index (χ1) is 14.3. The van der Waals surface area contributed by atoms with Crippen molar-refractivity contribution in [2.24, 2.45) is 0 Å². The van der Waals surface area contributed by atoms with E-state index in [0.29, 0.717) is 12.2 Å². The quantitative estimate of drug-likeness (QED) is 0.717. The molecule has 0 bridgehead atoms. The number of nitrogens with zero attached hydrogens (tertiary/aromatic N) is 1. The fourth-order valence-corrected chi connectivity index (χ4v) is 3.27. The van der Waals surface area contributed by atoms with Crippen LogP contribution in [0.25, 0.3) is 11.1 Å². The van der Waals surface area contributed by atoms with Crippen LogP contribution in [0.1, 0.15) is 35.8 Å². The summed E-state index contributed by atoms with van der Waals surface area (Å²) in [5.41, 5.74) is 3.12. The molecule has 7 nitrogen and oxygen atoms in total. The van der Waals surface area contributed by atoms with Gasteiger partial charge < -0.3 is 20.1 Å². The lowest BCUT2D eigenvalue weighted by Crippen LogP contribution is -2.30. The van der Waals surface area contributed by atoms with Gasteiger partial charge >= 0.3 is 5.97 Å². The first-order valence-electron chi connectivity index (χ1n) is 9.67. The topological polar surface area (TPSA) is 95.9 Å². The Morgan fingerprint density at radius 3 is 2.47 bits per heavy atom. The first-order valence-corrected chi connectivity index (χ1v) is 9.67. The second-order valence-electron chi connectivity index (χ2n) is 7.11. The molecule has 1 aliphatic heterocycles. The summed E-state index contributed by atoms with van der Waals surface area (Å²) in [5.74, 6) is -1.92. The summed E-state index contributed by atoms with van der Waals surface area (Å²) in [5, 5.41) is 12.7. The third kappa shape index (κ3) is 4.35. The van der Waals surface area contributed by atoms with Crippen molar-refractivity contribution in [3.05, 3.63) is 71.0 Å². The van der Waals surface area contributed by atoms with E-state index in [0.717, 1.165) is 16.7 Å². The smallest absolute Gasteiger partial charge is 0.338 e. The molecule has 1 aliphatic rings. The minimum absolute atomic E-state index is 0.0626. The van der Waals surface area contributed by atoms with Crippen LogP contribution < -0.4 is 5.32 Å². The summed E-state index contributed by atoms with van der Waals surface area (Å²) in [4.78, 5) is 37.5. The number of esters is 1. The van der Waals surface area contributed by atoms with Gasteiger partial charge in [0.1, 0.15) is 0 Å². The Hall–Kier alpha value is -3.61. The largest absolute Gasteiger partial charge is 0.503 e. The Morgan fingerprint density at radius 2 is 1.83 bits per heavy atom. The van der Waals surface area contributed by atoms with E-state index in [-0.39, 0.29) is 24.1 Å². The predicted octanol–water partition coefficient (Wildman–Crippen LogP) is 2.99. The van der Waals surface area contributed by atoms with E-state index in [2.05, 4.69) is 5.32 Å². The van der Waals surface area contributed by atoms with Gasteiger partial charge in [-0.3, -0.25) is 9.59 Å². The number of ether oxygens (including phenoxy) is 1. The summed E-state index contributed by atoms with van der Waals surface area (Å²) in [6.07, 6.45) is 0. The van der Waals surface area contributed by atoms with Crippen LogP contribution in [0.15, 0.2) is 59.9 Å². The third-order valence-electron chi connectivity index (χ3n) is 4.95.